The van der Waals surface area contributed by atoms with Crippen LogP contribution in [0.4, 0.5) is 5.69 Å². The molecular formula is C29H22ClN3O4S. The fourth-order valence-corrected chi connectivity index (χ4v) is 5.44. The first kappa shape index (κ1) is 25.4. The number of halogens is 1. The second-order valence-corrected chi connectivity index (χ2v) is 10.0. The smallest absolute Gasteiger partial charge is 0.308 e. The minimum Gasteiger partial charge on any atom is -0.426 e. The number of anilines is 1. The molecule has 0 aliphatic carbocycles. The van der Waals surface area contributed by atoms with Crippen molar-refractivity contribution in [2.24, 2.45) is 4.99 Å². The summed E-state index contributed by atoms with van der Waals surface area (Å²) in [5.41, 5.74) is 2.47. The van der Waals surface area contributed by atoms with E-state index in [-0.39, 0.29) is 11.5 Å². The molecule has 0 spiro atoms. The summed E-state index contributed by atoms with van der Waals surface area (Å²) >= 11 is 7.35. The molecule has 3 aromatic carbocycles. The van der Waals surface area contributed by atoms with Crippen LogP contribution in [0.25, 0.3) is 6.08 Å². The van der Waals surface area contributed by atoms with E-state index in [1.165, 1.54) is 22.8 Å². The summed E-state index contributed by atoms with van der Waals surface area (Å²) in [4.78, 5) is 44.1. The van der Waals surface area contributed by atoms with Crippen LogP contribution in [0.2, 0.25) is 5.02 Å². The van der Waals surface area contributed by atoms with E-state index in [1.54, 1.807) is 73.7 Å². The highest BCUT2D eigenvalue weighted by molar-refractivity contribution is 7.07. The predicted octanol–water partition coefficient (Wildman–Crippen LogP) is 4.45. The monoisotopic (exact) mass is 543 g/mol. The van der Waals surface area contributed by atoms with Crippen molar-refractivity contribution in [1.82, 2.24) is 4.57 Å². The summed E-state index contributed by atoms with van der Waals surface area (Å²) in [6, 6.07) is 22.4. The molecule has 9 heteroatoms. The van der Waals surface area contributed by atoms with E-state index in [4.69, 9.17) is 16.3 Å². The number of esters is 1. The van der Waals surface area contributed by atoms with Crippen molar-refractivity contribution in [3.63, 3.8) is 0 Å². The van der Waals surface area contributed by atoms with Crippen LogP contribution in [0.15, 0.2) is 99.9 Å². The highest BCUT2D eigenvalue weighted by atomic mass is 35.5. The lowest BCUT2D eigenvalue weighted by Gasteiger charge is -2.25. The molecular weight excluding hydrogens is 522 g/mol. The van der Waals surface area contributed by atoms with Crippen molar-refractivity contribution in [3.8, 4) is 5.75 Å². The lowest BCUT2D eigenvalue weighted by Crippen LogP contribution is -2.40. The Hall–Kier alpha value is -4.27. The van der Waals surface area contributed by atoms with Gasteiger partial charge in [0.1, 0.15) is 5.75 Å². The standard InChI is InChI=1S/C29H22ClN3O4S/c1-17-25(27(35)32-22-9-4-3-5-10-22)26(19-12-14-21(30)15-13-19)33-28(36)24(38-29(33)31-17)16-20-8-6-7-11-23(20)37-18(2)34/h3-16,26H,1-2H3,(H,32,35)/b24-16+. The van der Waals surface area contributed by atoms with Crippen molar-refractivity contribution in [2.75, 3.05) is 5.32 Å². The number of nitrogens with zero attached hydrogens (tertiary/aromatic N) is 2. The minimum atomic E-state index is -0.724. The van der Waals surface area contributed by atoms with Gasteiger partial charge < -0.3 is 10.1 Å². The SMILES string of the molecule is CC(=O)Oc1ccccc1/C=c1/sc2n(c1=O)C(c1ccc(Cl)cc1)C(C(=O)Nc1ccccc1)=C(C)N=2. The van der Waals surface area contributed by atoms with Crippen LogP contribution in [0, 0.1) is 0 Å². The maximum Gasteiger partial charge on any atom is 0.308 e. The number of ether oxygens (including phenoxy) is 1. The molecule has 1 aliphatic rings. The van der Waals surface area contributed by atoms with Crippen LogP contribution < -0.4 is 24.9 Å². The molecule has 7 nitrogen and oxygen atoms in total. The minimum absolute atomic E-state index is 0.316. The predicted molar refractivity (Wildman–Crippen MR) is 148 cm³/mol. The molecule has 1 atom stereocenters. The zero-order valence-electron chi connectivity index (χ0n) is 20.5. The number of nitrogens with one attached hydrogen (secondary N) is 1. The van der Waals surface area contributed by atoms with Crippen LogP contribution in [-0.2, 0) is 9.59 Å². The summed E-state index contributed by atoms with van der Waals surface area (Å²) in [6.07, 6.45) is 1.67. The van der Waals surface area contributed by atoms with Gasteiger partial charge in [0.15, 0.2) is 4.80 Å². The summed E-state index contributed by atoms with van der Waals surface area (Å²) in [7, 11) is 0. The van der Waals surface area contributed by atoms with Gasteiger partial charge >= 0.3 is 5.97 Å². The first-order chi connectivity index (χ1) is 18.3. The average Bonchev–Trinajstić information content (AvgIpc) is 3.19. The van der Waals surface area contributed by atoms with E-state index in [1.807, 2.05) is 18.2 Å². The van der Waals surface area contributed by atoms with Gasteiger partial charge in [0, 0.05) is 23.2 Å². The lowest BCUT2D eigenvalue weighted by molar-refractivity contribution is -0.131. The number of carbonyl (C=O) groups excluding carboxylic acids is 2. The molecule has 2 heterocycles. The average molecular weight is 544 g/mol. The number of fused-ring (bicyclic) bond motifs is 1. The lowest BCUT2D eigenvalue weighted by atomic mass is 9.95. The molecule has 1 amide bonds. The van der Waals surface area contributed by atoms with Crippen molar-refractivity contribution < 1.29 is 14.3 Å². The molecule has 1 aliphatic heterocycles. The molecule has 0 radical (unpaired) electrons. The third kappa shape index (κ3) is 5.09. The molecule has 5 rings (SSSR count). The number of benzene rings is 3. The molecule has 0 saturated heterocycles. The first-order valence-corrected chi connectivity index (χ1v) is 12.9. The Morgan fingerprint density at radius 2 is 1.71 bits per heavy atom. The van der Waals surface area contributed by atoms with Gasteiger partial charge in [-0.3, -0.25) is 19.0 Å². The zero-order chi connectivity index (χ0) is 26.8. The Morgan fingerprint density at radius 3 is 2.42 bits per heavy atom. The quantitative estimate of drug-likeness (QED) is 0.297. The number of carbonyl (C=O) groups is 2. The van der Waals surface area contributed by atoms with Gasteiger partial charge in [0.2, 0.25) is 0 Å². The fourth-order valence-electron chi connectivity index (χ4n) is 4.28. The third-order valence-electron chi connectivity index (χ3n) is 5.94. The topological polar surface area (TPSA) is 89.8 Å². The largest absolute Gasteiger partial charge is 0.426 e. The van der Waals surface area contributed by atoms with Gasteiger partial charge in [-0.2, -0.15) is 0 Å². The van der Waals surface area contributed by atoms with Gasteiger partial charge in [0.25, 0.3) is 11.5 Å². The number of hydrogen-bond donors (Lipinski definition) is 1. The van der Waals surface area contributed by atoms with Crippen LogP contribution in [-0.4, -0.2) is 16.4 Å². The third-order valence-corrected chi connectivity index (χ3v) is 7.18. The van der Waals surface area contributed by atoms with Gasteiger partial charge in [-0.25, -0.2) is 4.99 Å². The van der Waals surface area contributed by atoms with Crippen molar-refractivity contribution in [3.05, 3.63) is 126 Å². The summed E-state index contributed by atoms with van der Waals surface area (Å²) in [6.45, 7) is 3.08. The number of thiazole rings is 1. The van der Waals surface area contributed by atoms with Gasteiger partial charge in [-0.05, 0) is 48.9 Å². The van der Waals surface area contributed by atoms with E-state index < -0.39 is 12.0 Å². The Bertz CT molecular complexity index is 1760. The number of para-hydroxylation sites is 2. The van der Waals surface area contributed by atoms with E-state index in [9.17, 15) is 14.4 Å². The number of amides is 1. The van der Waals surface area contributed by atoms with Crippen LogP contribution >= 0.6 is 22.9 Å². The molecule has 0 saturated carbocycles. The molecule has 1 aromatic heterocycles. The van der Waals surface area contributed by atoms with E-state index in [2.05, 4.69) is 10.3 Å². The Kier molecular flexibility index (Phi) is 7.09. The Morgan fingerprint density at radius 1 is 1.03 bits per heavy atom. The Balaban J connectivity index is 1.67. The fraction of sp³-hybridized carbons (Fsp3) is 0.103. The van der Waals surface area contributed by atoms with Crippen LogP contribution in [0.3, 0.4) is 0 Å². The Labute approximate surface area is 227 Å². The van der Waals surface area contributed by atoms with Crippen molar-refractivity contribution in [1.29, 1.82) is 0 Å². The molecule has 190 valence electrons. The van der Waals surface area contributed by atoms with Gasteiger partial charge in [-0.1, -0.05) is 71.5 Å². The van der Waals surface area contributed by atoms with Crippen molar-refractivity contribution in [2.45, 2.75) is 19.9 Å². The maximum absolute atomic E-state index is 13.8. The van der Waals surface area contributed by atoms with Crippen molar-refractivity contribution >= 4 is 46.6 Å². The second-order valence-electron chi connectivity index (χ2n) is 8.58. The molecule has 4 aromatic rings. The summed E-state index contributed by atoms with van der Waals surface area (Å²) in [5.74, 6) is -0.467. The normalized spacial score (nSPS) is 15.0. The molecule has 38 heavy (non-hydrogen) atoms. The first-order valence-electron chi connectivity index (χ1n) is 11.7. The molecule has 1 N–H and O–H groups in total. The highest BCUT2D eigenvalue weighted by Crippen LogP contribution is 2.31. The summed E-state index contributed by atoms with van der Waals surface area (Å²) < 4.78 is 7.23. The number of hydrogen-bond acceptors (Lipinski definition) is 6. The molecule has 1 unspecified atom stereocenters. The second kappa shape index (κ2) is 10.6. The van der Waals surface area contributed by atoms with E-state index in [0.29, 0.717) is 42.6 Å². The molecule has 0 fully saturated rings. The maximum atomic E-state index is 13.8. The number of aromatic nitrogens is 1. The zero-order valence-corrected chi connectivity index (χ0v) is 22.0. The van der Waals surface area contributed by atoms with Crippen LogP contribution in [0.5, 0.6) is 5.75 Å². The summed E-state index contributed by atoms with van der Waals surface area (Å²) in [5, 5.41) is 3.47. The van der Waals surface area contributed by atoms with Gasteiger partial charge in [-0.15, -0.1) is 0 Å². The van der Waals surface area contributed by atoms with E-state index in [0.717, 1.165) is 5.56 Å². The van der Waals surface area contributed by atoms with Crippen LogP contribution in [0.1, 0.15) is 31.0 Å². The number of rotatable bonds is 5. The van der Waals surface area contributed by atoms with Gasteiger partial charge in [0.05, 0.1) is 21.8 Å². The molecule has 0 bridgehead atoms. The highest BCUT2D eigenvalue weighted by Gasteiger charge is 2.32. The van der Waals surface area contributed by atoms with E-state index >= 15 is 0 Å². The number of allylic oxidation sites excluding steroid dienone is 1.